The highest BCUT2D eigenvalue weighted by molar-refractivity contribution is 7.11. The molecule has 3 rings (SSSR count). The Balaban J connectivity index is 1.69. The van der Waals surface area contributed by atoms with Crippen molar-refractivity contribution in [1.82, 2.24) is 5.32 Å². The van der Waals surface area contributed by atoms with Crippen LogP contribution in [0.3, 0.4) is 0 Å². The minimum atomic E-state index is 0.240. The second kappa shape index (κ2) is 5.98. The van der Waals surface area contributed by atoms with Crippen LogP contribution in [-0.4, -0.2) is 19.2 Å². The Kier molecular flexibility index (Phi) is 4.08. The first-order chi connectivity index (χ1) is 9.80. The highest BCUT2D eigenvalue weighted by atomic mass is 32.1. The molecule has 0 bridgehead atoms. The van der Waals surface area contributed by atoms with E-state index in [9.17, 15) is 0 Å². The van der Waals surface area contributed by atoms with Crippen molar-refractivity contribution in [3.05, 3.63) is 51.7 Å². The molecule has 0 spiro atoms. The third kappa shape index (κ3) is 2.74. The Morgan fingerprint density at radius 2 is 2.05 bits per heavy atom. The predicted octanol–water partition coefficient (Wildman–Crippen LogP) is 3.44. The first-order valence-corrected chi connectivity index (χ1v) is 8.11. The molecule has 1 aromatic carbocycles. The largest absolute Gasteiger partial charge is 0.488 e. The molecule has 0 amide bonds. The maximum Gasteiger partial charge on any atom is 0.123 e. The van der Waals surface area contributed by atoms with Gasteiger partial charge in [-0.05, 0) is 37.2 Å². The topological polar surface area (TPSA) is 21.3 Å². The van der Waals surface area contributed by atoms with E-state index in [2.05, 4.69) is 42.6 Å². The minimum Gasteiger partial charge on any atom is -0.488 e. The highest BCUT2D eigenvalue weighted by Gasteiger charge is 2.29. The number of fused-ring (bicyclic) bond motifs is 1. The van der Waals surface area contributed by atoms with Crippen LogP contribution in [-0.2, 0) is 19.3 Å². The number of thiophene rings is 1. The molecule has 1 aliphatic heterocycles. The molecule has 20 heavy (non-hydrogen) atoms. The van der Waals surface area contributed by atoms with Crippen LogP contribution in [0.2, 0.25) is 0 Å². The SMILES string of the molecule is CCc1ccc(CC(NC)C2Cc3ccccc3O2)s1. The van der Waals surface area contributed by atoms with Gasteiger partial charge in [-0.2, -0.15) is 0 Å². The van der Waals surface area contributed by atoms with Gasteiger partial charge in [0.25, 0.3) is 0 Å². The lowest BCUT2D eigenvalue weighted by Gasteiger charge is -2.22. The van der Waals surface area contributed by atoms with Gasteiger partial charge in [-0.3, -0.25) is 0 Å². The lowest BCUT2D eigenvalue weighted by atomic mass is 10.0. The molecule has 3 heteroatoms. The fourth-order valence-electron chi connectivity index (χ4n) is 2.79. The zero-order valence-corrected chi connectivity index (χ0v) is 12.9. The zero-order valence-electron chi connectivity index (χ0n) is 12.1. The van der Waals surface area contributed by atoms with Crippen molar-refractivity contribution in [2.45, 2.75) is 38.3 Å². The average molecular weight is 287 g/mol. The number of ether oxygens (including phenoxy) is 1. The van der Waals surface area contributed by atoms with Crippen molar-refractivity contribution < 1.29 is 4.74 Å². The van der Waals surface area contributed by atoms with Gasteiger partial charge in [-0.1, -0.05) is 25.1 Å². The molecule has 1 aromatic heterocycles. The molecule has 2 unspecified atom stereocenters. The van der Waals surface area contributed by atoms with Crippen molar-refractivity contribution in [3.8, 4) is 5.75 Å². The first-order valence-electron chi connectivity index (χ1n) is 7.29. The molecular formula is C17H21NOS. The summed E-state index contributed by atoms with van der Waals surface area (Å²) < 4.78 is 6.11. The molecule has 2 heterocycles. The molecule has 1 N–H and O–H groups in total. The Hall–Kier alpha value is -1.32. The Morgan fingerprint density at radius 3 is 2.75 bits per heavy atom. The normalized spacial score (nSPS) is 18.6. The summed E-state index contributed by atoms with van der Waals surface area (Å²) in [5.41, 5.74) is 1.33. The van der Waals surface area contributed by atoms with Gasteiger partial charge in [-0.25, -0.2) is 0 Å². The molecule has 2 aromatic rings. The first kappa shape index (κ1) is 13.7. The third-order valence-corrected chi connectivity index (χ3v) is 5.23. The van der Waals surface area contributed by atoms with Crippen LogP contribution in [0.5, 0.6) is 5.75 Å². The fourth-order valence-corrected chi connectivity index (χ4v) is 3.81. The van der Waals surface area contributed by atoms with E-state index in [4.69, 9.17) is 4.74 Å². The molecule has 0 fully saturated rings. The number of hydrogen-bond donors (Lipinski definition) is 1. The number of rotatable bonds is 5. The Morgan fingerprint density at radius 1 is 1.25 bits per heavy atom. The lowest BCUT2D eigenvalue weighted by molar-refractivity contribution is 0.182. The van der Waals surface area contributed by atoms with E-state index in [0.29, 0.717) is 6.04 Å². The van der Waals surface area contributed by atoms with Gasteiger partial charge in [0, 0.05) is 28.6 Å². The minimum absolute atomic E-state index is 0.240. The second-order valence-electron chi connectivity index (χ2n) is 5.29. The van der Waals surface area contributed by atoms with E-state index < -0.39 is 0 Å². The van der Waals surface area contributed by atoms with Gasteiger partial charge in [0.2, 0.25) is 0 Å². The number of aryl methyl sites for hydroxylation is 1. The molecule has 106 valence electrons. The third-order valence-electron chi connectivity index (χ3n) is 3.98. The van der Waals surface area contributed by atoms with E-state index in [1.807, 2.05) is 24.5 Å². The summed E-state index contributed by atoms with van der Waals surface area (Å²) in [5, 5.41) is 3.44. The summed E-state index contributed by atoms with van der Waals surface area (Å²) in [6.07, 6.45) is 3.41. The molecule has 1 aliphatic rings. The van der Waals surface area contributed by atoms with Gasteiger partial charge in [0.1, 0.15) is 11.9 Å². The Labute approximate surface area is 124 Å². The molecule has 2 nitrogen and oxygen atoms in total. The van der Waals surface area contributed by atoms with Gasteiger partial charge in [0.05, 0.1) is 0 Å². The van der Waals surface area contributed by atoms with Gasteiger partial charge in [0.15, 0.2) is 0 Å². The second-order valence-corrected chi connectivity index (χ2v) is 6.54. The Bertz CT molecular complexity index is 553. The van der Waals surface area contributed by atoms with Crippen LogP contribution in [0.25, 0.3) is 0 Å². The van der Waals surface area contributed by atoms with E-state index in [0.717, 1.165) is 25.0 Å². The molecule has 0 radical (unpaired) electrons. The number of nitrogens with one attached hydrogen (secondary N) is 1. The summed E-state index contributed by atoms with van der Waals surface area (Å²) >= 11 is 1.92. The monoisotopic (exact) mass is 287 g/mol. The number of likely N-dealkylation sites (N-methyl/N-ethyl adjacent to an activating group) is 1. The van der Waals surface area contributed by atoms with Crippen molar-refractivity contribution in [3.63, 3.8) is 0 Å². The van der Waals surface area contributed by atoms with E-state index in [1.54, 1.807) is 0 Å². The van der Waals surface area contributed by atoms with Crippen molar-refractivity contribution in [1.29, 1.82) is 0 Å². The number of benzene rings is 1. The molecule has 2 atom stereocenters. The predicted molar refractivity (Wildman–Crippen MR) is 84.8 cm³/mol. The number of hydrogen-bond acceptors (Lipinski definition) is 3. The van der Waals surface area contributed by atoms with E-state index >= 15 is 0 Å². The van der Waals surface area contributed by atoms with E-state index in [1.165, 1.54) is 15.3 Å². The number of para-hydroxylation sites is 1. The van der Waals surface area contributed by atoms with Gasteiger partial charge < -0.3 is 10.1 Å². The zero-order chi connectivity index (χ0) is 13.9. The summed E-state index contributed by atoms with van der Waals surface area (Å²) in [6.45, 7) is 2.21. The summed E-state index contributed by atoms with van der Waals surface area (Å²) in [5.74, 6) is 1.05. The quantitative estimate of drug-likeness (QED) is 0.909. The maximum atomic E-state index is 6.11. The van der Waals surface area contributed by atoms with Crippen LogP contribution in [0, 0.1) is 0 Å². The summed E-state index contributed by atoms with van der Waals surface area (Å²) in [7, 11) is 2.03. The lowest BCUT2D eigenvalue weighted by Crippen LogP contribution is -2.42. The van der Waals surface area contributed by atoms with E-state index in [-0.39, 0.29) is 6.10 Å². The smallest absolute Gasteiger partial charge is 0.123 e. The summed E-state index contributed by atoms with van der Waals surface area (Å²) in [6, 6.07) is 13.2. The van der Waals surface area contributed by atoms with Gasteiger partial charge >= 0.3 is 0 Å². The average Bonchev–Trinajstić information content (AvgIpc) is 3.10. The van der Waals surface area contributed by atoms with Crippen molar-refractivity contribution >= 4 is 11.3 Å². The standard InChI is InChI=1S/C17H21NOS/c1-3-13-8-9-14(20-13)11-15(18-2)17-10-12-6-4-5-7-16(12)19-17/h4-9,15,17-18H,3,10-11H2,1-2H3. The van der Waals surface area contributed by atoms with Crippen molar-refractivity contribution in [2.75, 3.05) is 7.05 Å². The summed E-state index contributed by atoms with van der Waals surface area (Å²) in [4.78, 5) is 2.91. The molecular weight excluding hydrogens is 266 g/mol. The van der Waals surface area contributed by atoms with Gasteiger partial charge in [-0.15, -0.1) is 11.3 Å². The van der Waals surface area contributed by atoms with Crippen LogP contribution >= 0.6 is 11.3 Å². The highest BCUT2D eigenvalue weighted by Crippen LogP contribution is 2.30. The van der Waals surface area contributed by atoms with Crippen LogP contribution in [0.1, 0.15) is 22.2 Å². The molecule has 0 aliphatic carbocycles. The molecule has 0 saturated carbocycles. The van der Waals surface area contributed by atoms with Crippen LogP contribution in [0.4, 0.5) is 0 Å². The van der Waals surface area contributed by atoms with Crippen molar-refractivity contribution in [2.24, 2.45) is 0 Å². The fraction of sp³-hybridized carbons (Fsp3) is 0.412. The van der Waals surface area contributed by atoms with Crippen LogP contribution in [0.15, 0.2) is 36.4 Å². The van der Waals surface area contributed by atoms with Crippen LogP contribution < -0.4 is 10.1 Å². The molecule has 0 saturated heterocycles. The maximum absolute atomic E-state index is 6.11.